The molecule has 0 spiro atoms. The topological polar surface area (TPSA) is 38.0 Å². The van der Waals surface area contributed by atoms with Gasteiger partial charge in [-0.15, -0.1) is 0 Å². The van der Waals surface area contributed by atoms with Crippen LogP contribution in [0.3, 0.4) is 0 Å². The molecule has 5 heteroatoms. The molecular weight excluding hydrogens is 314 g/mol. The standard InChI is InChI=1S/C14H13BrF2N2/c15-9-3-1-4-10(7-9)19-13(8-18)14-11(16)5-2-6-12(14)17/h1-7,13,19H,8,18H2. The van der Waals surface area contributed by atoms with Crippen LogP contribution in [0.15, 0.2) is 46.9 Å². The highest BCUT2D eigenvalue weighted by Gasteiger charge is 2.18. The van der Waals surface area contributed by atoms with Gasteiger partial charge in [-0.05, 0) is 30.3 Å². The van der Waals surface area contributed by atoms with Crippen LogP contribution in [-0.2, 0) is 0 Å². The molecule has 0 fully saturated rings. The zero-order valence-electron chi connectivity index (χ0n) is 10.0. The lowest BCUT2D eigenvalue weighted by atomic mass is 10.1. The summed E-state index contributed by atoms with van der Waals surface area (Å²) in [5, 5.41) is 3.03. The van der Waals surface area contributed by atoms with E-state index in [1.807, 2.05) is 24.3 Å². The second-order valence-corrected chi connectivity index (χ2v) is 4.99. The van der Waals surface area contributed by atoms with Crippen LogP contribution >= 0.6 is 15.9 Å². The van der Waals surface area contributed by atoms with Crippen molar-refractivity contribution in [1.82, 2.24) is 0 Å². The van der Waals surface area contributed by atoms with E-state index in [1.165, 1.54) is 18.2 Å². The van der Waals surface area contributed by atoms with Gasteiger partial charge in [0.1, 0.15) is 11.6 Å². The van der Waals surface area contributed by atoms with Crippen molar-refractivity contribution >= 4 is 21.6 Å². The molecule has 3 N–H and O–H groups in total. The number of nitrogens with two attached hydrogens (primary N) is 1. The van der Waals surface area contributed by atoms with E-state index >= 15 is 0 Å². The zero-order chi connectivity index (χ0) is 13.8. The number of hydrogen-bond donors (Lipinski definition) is 2. The van der Waals surface area contributed by atoms with Crippen LogP contribution in [0.1, 0.15) is 11.6 Å². The molecule has 19 heavy (non-hydrogen) atoms. The van der Waals surface area contributed by atoms with Crippen LogP contribution in [0, 0.1) is 11.6 Å². The molecule has 1 atom stereocenters. The predicted molar refractivity (Wildman–Crippen MR) is 75.9 cm³/mol. The number of anilines is 1. The van der Waals surface area contributed by atoms with Crippen molar-refractivity contribution in [2.24, 2.45) is 5.73 Å². The van der Waals surface area contributed by atoms with Crippen molar-refractivity contribution in [3.8, 4) is 0 Å². The monoisotopic (exact) mass is 326 g/mol. The first-order valence-electron chi connectivity index (χ1n) is 5.78. The molecule has 0 aromatic heterocycles. The molecule has 1 unspecified atom stereocenters. The number of rotatable bonds is 4. The van der Waals surface area contributed by atoms with Crippen LogP contribution in [0.5, 0.6) is 0 Å². The van der Waals surface area contributed by atoms with Crippen LogP contribution in [-0.4, -0.2) is 6.54 Å². The highest BCUT2D eigenvalue weighted by Crippen LogP contribution is 2.25. The van der Waals surface area contributed by atoms with E-state index in [0.29, 0.717) is 0 Å². The average Bonchev–Trinajstić information content (AvgIpc) is 2.37. The van der Waals surface area contributed by atoms with Gasteiger partial charge in [-0.25, -0.2) is 8.78 Å². The maximum Gasteiger partial charge on any atom is 0.131 e. The number of nitrogens with one attached hydrogen (secondary N) is 1. The van der Waals surface area contributed by atoms with Gasteiger partial charge in [-0.3, -0.25) is 0 Å². The summed E-state index contributed by atoms with van der Waals surface area (Å²) < 4.78 is 28.3. The minimum absolute atomic E-state index is 0.0371. The molecule has 100 valence electrons. The molecule has 0 heterocycles. The maximum absolute atomic E-state index is 13.7. The number of benzene rings is 2. The highest BCUT2D eigenvalue weighted by atomic mass is 79.9. The summed E-state index contributed by atoms with van der Waals surface area (Å²) in [6, 6.07) is 10.5. The Balaban J connectivity index is 2.30. The molecule has 2 rings (SSSR count). The lowest BCUT2D eigenvalue weighted by Crippen LogP contribution is -2.23. The molecule has 0 amide bonds. The van der Waals surface area contributed by atoms with Gasteiger partial charge in [0.05, 0.1) is 6.04 Å². The maximum atomic E-state index is 13.7. The first-order valence-corrected chi connectivity index (χ1v) is 6.57. The van der Waals surface area contributed by atoms with E-state index < -0.39 is 17.7 Å². The smallest absolute Gasteiger partial charge is 0.131 e. The Labute approximate surface area is 118 Å². The fraction of sp³-hybridized carbons (Fsp3) is 0.143. The molecule has 2 aromatic rings. The van der Waals surface area contributed by atoms with Crippen molar-refractivity contribution in [2.45, 2.75) is 6.04 Å². The third kappa shape index (κ3) is 3.30. The zero-order valence-corrected chi connectivity index (χ0v) is 11.6. The van der Waals surface area contributed by atoms with Crippen molar-refractivity contribution in [2.75, 3.05) is 11.9 Å². The molecule has 0 saturated heterocycles. The summed E-state index contributed by atoms with van der Waals surface area (Å²) in [7, 11) is 0. The Morgan fingerprint density at radius 2 is 1.74 bits per heavy atom. The van der Waals surface area contributed by atoms with E-state index in [-0.39, 0.29) is 12.1 Å². The van der Waals surface area contributed by atoms with Gasteiger partial charge in [0.2, 0.25) is 0 Å². The molecule has 0 radical (unpaired) electrons. The lowest BCUT2D eigenvalue weighted by Gasteiger charge is -2.20. The lowest BCUT2D eigenvalue weighted by molar-refractivity contribution is 0.537. The normalized spacial score (nSPS) is 12.2. The van der Waals surface area contributed by atoms with E-state index in [1.54, 1.807) is 0 Å². The highest BCUT2D eigenvalue weighted by molar-refractivity contribution is 9.10. The first-order chi connectivity index (χ1) is 9.11. The van der Waals surface area contributed by atoms with Gasteiger partial charge in [0, 0.05) is 22.3 Å². The molecular formula is C14H13BrF2N2. The Morgan fingerprint density at radius 3 is 2.32 bits per heavy atom. The predicted octanol–water partition coefficient (Wildman–Crippen LogP) is 3.84. The molecule has 0 saturated carbocycles. The summed E-state index contributed by atoms with van der Waals surface area (Å²) >= 11 is 3.34. The third-order valence-corrected chi connectivity index (χ3v) is 3.24. The summed E-state index contributed by atoms with van der Waals surface area (Å²) in [4.78, 5) is 0. The van der Waals surface area contributed by atoms with E-state index in [9.17, 15) is 8.78 Å². The first kappa shape index (κ1) is 14.0. The van der Waals surface area contributed by atoms with Gasteiger partial charge >= 0.3 is 0 Å². The van der Waals surface area contributed by atoms with Gasteiger partial charge in [0.15, 0.2) is 0 Å². The fourth-order valence-electron chi connectivity index (χ4n) is 1.87. The van der Waals surface area contributed by atoms with Crippen molar-refractivity contribution in [1.29, 1.82) is 0 Å². The van der Waals surface area contributed by atoms with Crippen LogP contribution in [0.25, 0.3) is 0 Å². The summed E-state index contributed by atoms with van der Waals surface area (Å²) in [5.41, 5.74) is 6.33. The molecule has 0 bridgehead atoms. The van der Waals surface area contributed by atoms with Gasteiger partial charge in [-0.2, -0.15) is 0 Å². The second-order valence-electron chi connectivity index (χ2n) is 4.08. The molecule has 0 aliphatic heterocycles. The Kier molecular flexibility index (Phi) is 4.50. The van der Waals surface area contributed by atoms with Crippen molar-refractivity contribution in [3.63, 3.8) is 0 Å². The Morgan fingerprint density at radius 1 is 1.11 bits per heavy atom. The molecule has 0 aliphatic rings. The SMILES string of the molecule is NCC(Nc1cccc(Br)c1)c1c(F)cccc1F. The summed E-state index contributed by atoms with van der Waals surface area (Å²) in [5.74, 6) is -1.20. The minimum Gasteiger partial charge on any atom is -0.377 e. The molecule has 0 aliphatic carbocycles. The second kappa shape index (κ2) is 6.12. The van der Waals surface area contributed by atoms with Crippen LogP contribution < -0.4 is 11.1 Å². The van der Waals surface area contributed by atoms with Crippen LogP contribution in [0.4, 0.5) is 14.5 Å². The summed E-state index contributed by atoms with van der Waals surface area (Å²) in [6.45, 7) is 0.0877. The number of halogens is 3. The Hall–Kier alpha value is -1.46. The molecule has 2 nitrogen and oxygen atoms in total. The minimum atomic E-state index is -0.615. The number of hydrogen-bond acceptors (Lipinski definition) is 2. The fourth-order valence-corrected chi connectivity index (χ4v) is 2.27. The van der Waals surface area contributed by atoms with Crippen LogP contribution in [0.2, 0.25) is 0 Å². The van der Waals surface area contributed by atoms with Crippen molar-refractivity contribution in [3.05, 3.63) is 64.1 Å². The largest absolute Gasteiger partial charge is 0.377 e. The van der Waals surface area contributed by atoms with Gasteiger partial charge < -0.3 is 11.1 Å². The average molecular weight is 327 g/mol. The van der Waals surface area contributed by atoms with E-state index in [2.05, 4.69) is 21.2 Å². The van der Waals surface area contributed by atoms with E-state index in [0.717, 1.165) is 10.2 Å². The van der Waals surface area contributed by atoms with Gasteiger partial charge in [0.25, 0.3) is 0 Å². The quantitative estimate of drug-likeness (QED) is 0.895. The van der Waals surface area contributed by atoms with E-state index in [4.69, 9.17) is 5.73 Å². The third-order valence-electron chi connectivity index (χ3n) is 2.75. The van der Waals surface area contributed by atoms with Gasteiger partial charge in [-0.1, -0.05) is 28.1 Å². The molecule has 2 aromatic carbocycles. The van der Waals surface area contributed by atoms with Crippen molar-refractivity contribution < 1.29 is 8.78 Å². The Bertz CT molecular complexity index is 555. The summed E-state index contributed by atoms with van der Waals surface area (Å²) in [6.07, 6.45) is 0.